The maximum absolute atomic E-state index is 12.3. The zero-order valence-corrected chi connectivity index (χ0v) is 12.9. The number of aryl methyl sites for hydroxylation is 2. The van der Waals surface area contributed by atoms with Crippen LogP contribution in [0, 0.1) is 19.8 Å². The Balaban J connectivity index is 3.03. The van der Waals surface area contributed by atoms with Crippen molar-refractivity contribution in [2.75, 3.05) is 13.1 Å². The molecule has 0 spiro atoms. The molecule has 0 aliphatic heterocycles. The zero-order valence-electron chi connectivity index (χ0n) is 12.1. The van der Waals surface area contributed by atoms with Crippen molar-refractivity contribution in [1.29, 1.82) is 0 Å². The predicted octanol–water partition coefficient (Wildman–Crippen LogP) is 0.783. The highest BCUT2D eigenvalue weighted by molar-refractivity contribution is 7.89. The smallest absolute Gasteiger partial charge is 0.244 e. The molecule has 0 unspecified atom stereocenters. The fraction of sp³-hybridized carbons (Fsp3) is 0.750. The van der Waals surface area contributed by atoms with Crippen LogP contribution < -0.4 is 10.5 Å². The number of nitrogens with two attached hydrogens (primary N) is 1. The molecule has 1 heterocycles. The van der Waals surface area contributed by atoms with Crippen molar-refractivity contribution in [1.82, 2.24) is 14.5 Å². The Morgan fingerprint density at radius 3 is 2.53 bits per heavy atom. The van der Waals surface area contributed by atoms with Gasteiger partial charge in [0.25, 0.3) is 0 Å². The monoisotopic (exact) mass is 288 g/mol. The molecule has 0 aliphatic rings. The van der Waals surface area contributed by atoms with Crippen molar-refractivity contribution >= 4 is 10.0 Å². The Labute approximate surface area is 115 Å². The third-order valence-electron chi connectivity index (χ3n) is 2.84. The molecule has 0 amide bonds. The fourth-order valence-corrected chi connectivity index (χ4v) is 3.50. The van der Waals surface area contributed by atoms with Crippen molar-refractivity contribution in [3.8, 4) is 0 Å². The van der Waals surface area contributed by atoms with E-state index < -0.39 is 10.0 Å². The summed E-state index contributed by atoms with van der Waals surface area (Å²) in [5.41, 5.74) is 6.67. The molecule has 110 valence electrons. The third-order valence-corrected chi connectivity index (χ3v) is 4.51. The quantitative estimate of drug-likeness (QED) is 0.776. The normalized spacial score (nSPS) is 12.3. The summed E-state index contributed by atoms with van der Waals surface area (Å²) >= 11 is 0. The standard InChI is InChI=1S/C12H24N4O2S/c1-9(2)8-14-19(17,18)12-10(3)15-16(11(12)4)7-5-6-13/h9,14H,5-8,13H2,1-4H3. The maximum Gasteiger partial charge on any atom is 0.244 e. The lowest BCUT2D eigenvalue weighted by Gasteiger charge is -2.09. The van der Waals surface area contributed by atoms with Gasteiger partial charge in [0.05, 0.1) is 11.4 Å². The van der Waals surface area contributed by atoms with E-state index in [4.69, 9.17) is 5.73 Å². The van der Waals surface area contributed by atoms with Gasteiger partial charge in [-0.15, -0.1) is 0 Å². The summed E-state index contributed by atoms with van der Waals surface area (Å²) in [6, 6.07) is 0. The second-order valence-corrected chi connectivity index (χ2v) is 6.81. The summed E-state index contributed by atoms with van der Waals surface area (Å²) in [5, 5.41) is 4.28. The van der Waals surface area contributed by atoms with E-state index in [2.05, 4.69) is 9.82 Å². The number of nitrogens with zero attached hydrogens (tertiary/aromatic N) is 2. The van der Waals surface area contributed by atoms with Crippen LogP contribution >= 0.6 is 0 Å². The van der Waals surface area contributed by atoms with Crippen LogP contribution in [0.3, 0.4) is 0 Å². The minimum absolute atomic E-state index is 0.266. The van der Waals surface area contributed by atoms with Crippen LogP contribution in [0.4, 0.5) is 0 Å². The second kappa shape index (κ2) is 6.49. The molecule has 1 rings (SSSR count). The van der Waals surface area contributed by atoms with E-state index in [9.17, 15) is 8.42 Å². The molecular weight excluding hydrogens is 264 g/mol. The Kier molecular flexibility index (Phi) is 5.51. The molecule has 0 saturated heterocycles. The van der Waals surface area contributed by atoms with Crippen molar-refractivity contribution in [2.45, 2.75) is 45.6 Å². The first-order chi connectivity index (χ1) is 8.79. The Bertz CT molecular complexity index is 520. The molecule has 0 bridgehead atoms. The van der Waals surface area contributed by atoms with E-state index in [1.165, 1.54) is 0 Å². The predicted molar refractivity (Wildman–Crippen MR) is 75.4 cm³/mol. The highest BCUT2D eigenvalue weighted by atomic mass is 32.2. The van der Waals surface area contributed by atoms with E-state index in [0.717, 1.165) is 6.42 Å². The minimum Gasteiger partial charge on any atom is -0.330 e. The van der Waals surface area contributed by atoms with Gasteiger partial charge >= 0.3 is 0 Å². The van der Waals surface area contributed by atoms with Gasteiger partial charge in [0.2, 0.25) is 10.0 Å². The minimum atomic E-state index is -3.49. The van der Waals surface area contributed by atoms with Crippen molar-refractivity contribution in [3.63, 3.8) is 0 Å². The first-order valence-corrected chi connectivity index (χ1v) is 8.01. The molecule has 1 aromatic heterocycles. The summed E-state index contributed by atoms with van der Waals surface area (Å²) in [4.78, 5) is 0.296. The molecule has 0 radical (unpaired) electrons. The average Bonchev–Trinajstić information content (AvgIpc) is 2.60. The van der Waals surface area contributed by atoms with Gasteiger partial charge in [0.1, 0.15) is 4.90 Å². The van der Waals surface area contributed by atoms with Gasteiger partial charge < -0.3 is 5.73 Å². The number of hydrogen-bond acceptors (Lipinski definition) is 4. The van der Waals surface area contributed by atoms with Crippen LogP contribution in [-0.2, 0) is 16.6 Å². The number of nitrogens with one attached hydrogen (secondary N) is 1. The molecule has 19 heavy (non-hydrogen) atoms. The fourth-order valence-electron chi connectivity index (χ4n) is 1.88. The molecule has 0 aromatic carbocycles. The van der Waals surface area contributed by atoms with E-state index >= 15 is 0 Å². The summed E-state index contributed by atoms with van der Waals surface area (Å²) in [6.45, 7) is 9.06. The largest absolute Gasteiger partial charge is 0.330 e. The lowest BCUT2D eigenvalue weighted by Crippen LogP contribution is -2.28. The molecule has 0 saturated carbocycles. The first-order valence-electron chi connectivity index (χ1n) is 6.53. The van der Waals surface area contributed by atoms with Crippen LogP contribution in [0.5, 0.6) is 0 Å². The Morgan fingerprint density at radius 2 is 2.00 bits per heavy atom. The molecule has 7 heteroatoms. The van der Waals surface area contributed by atoms with E-state index in [-0.39, 0.29) is 5.92 Å². The van der Waals surface area contributed by atoms with Crippen LogP contribution in [0.2, 0.25) is 0 Å². The SMILES string of the molecule is Cc1nn(CCCN)c(C)c1S(=O)(=O)NCC(C)C. The Hall–Kier alpha value is -0.920. The lowest BCUT2D eigenvalue weighted by molar-refractivity contribution is 0.554. The zero-order chi connectivity index (χ0) is 14.6. The lowest BCUT2D eigenvalue weighted by atomic mass is 10.2. The molecule has 0 aliphatic carbocycles. The van der Waals surface area contributed by atoms with Gasteiger partial charge in [-0.25, -0.2) is 13.1 Å². The van der Waals surface area contributed by atoms with Gasteiger partial charge in [-0.2, -0.15) is 5.10 Å². The number of sulfonamides is 1. The second-order valence-electron chi connectivity index (χ2n) is 5.11. The number of rotatable bonds is 7. The van der Waals surface area contributed by atoms with Crippen LogP contribution in [0.15, 0.2) is 4.90 Å². The number of hydrogen-bond donors (Lipinski definition) is 2. The molecule has 1 aromatic rings. The van der Waals surface area contributed by atoms with Gasteiger partial charge in [0.15, 0.2) is 0 Å². The average molecular weight is 288 g/mol. The van der Waals surface area contributed by atoms with E-state index in [0.29, 0.717) is 35.9 Å². The summed E-state index contributed by atoms with van der Waals surface area (Å²) in [6.07, 6.45) is 0.779. The van der Waals surface area contributed by atoms with Crippen LogP contribution in [0.25, 0.3) is 0 Å². The highest BCUT2D eigenvalue weighted by Crippen LogP contribution is 2.19. The molecule has 3 N–H and O–H groups in total. The van der Waals surface area contributed by atoms with E-state index in [1.807, 2.05) is 13.8 Å². The topological polar surface area (TPSA) is 90.0 Å². The molecule has 6 nitrogen and oxygen atoms in total. The van der Waals surface area contributed by atoms with Crippen molar-refractivity contribution < 1.29 is 8.42 Å². The molecule has 0 fully saturated rings. The van der Waals surface area contributed by atoms with Gasteiger partial charge in [-0.3, -0.25) is 4.68 Å². The van der Waals surface area contributed by atoms with Gasteiger partial charge in [-0.1, -0.05) is 13.8 Å². The van der Waals surface area contributed by atoms with Gasteiger partial charge in [0, 0.05) is 13.1 Å². The summed E-state index contributed by atoms with van der Waals surface area (Å²) < 4.78 is 28.9. The first kappa shape index (κ1) is 16.1. The van der Waals surface area contributed by atoms with Crippen LogP contribution in [-0.4, -0.2) is 31.3 Å². The number of aromatic nitrogens is 2. The molecular formula is C12H24N4O2S. The summed E-state index contributed by atoms with van der Waals surface area (Å²) in [7, 11) is -3.49. The van der Waals surface area contributed by atoms with Crippen LogP contribution in [0.1, 0.15) is 31.7 Å². The summed E-state index contributed by atoms with van der Waals surface area (Å²) in [5.74, 6) is 0.266. The third kappa shape index (κ3) is 4.02. The van der Waals surface area contributed by atoms with Crippen molar-refractivity contribution in [3.05, 3.63) is 11.4 Å². The van der Waals surface area contributed by atoms with Crippen molar-refractivity contribution in [2.24, 2.45) is 11.7 Å². The van der Waals surface area contributed by atoms with Gasteiger partial charge in [-0.05, 0) is 32.7 Å². The highest BCUT2D eigenvalue weighted by Gasteiger charge is 2.24. The van der Waals surface area contributed by atoms with E-state index in [1.54, 1.807) is 18.5 Å². The molecule has 0 atom stereocenters. The Morgan fingerprint density at radius 1 is 1.37 bits per heavy atom. The maximum atomic E-state index is 12.3.